The number of rotatable bonds is 5. The summed E-state index contributed by atoms with van der Waals surface area (Å²) in [6, 6.07) is 8.54. The van der Waals surface area contributed by atoms with E-state index in [1.54, 1.807) is 6.20 Å². The summed E-state index contributed by atoms with van der Waals surface area (Å²) in [5, 5.41) is 8.43. The third kappa shape index (κ3) is 2.99. The second-order valence-corrected chi connectivity index (χ2v) is 5.14. The monoisotopic (exact) mass is 277 g/mol. The second kappa shape index (κ2) is 6.22. The van der Waals surface area contributed by atoms with Crippen molar-refractivity contribution >= 4 is 11.6 Å². The van der Waals surface area contributed by atoms with Gasteiger partial charge in [-0.05, 0) is 26.0 Å². The van der Waals surface area contributed by atoms with E-state index < -0.39 is 0 Å². The molecule has 2 rings (SSSR count). The Labute approximate surface area is 119 Å². The Balaban J connectivity index is 2.44. The third-order valence-electron chi connectivity index (χ3n) is 3.21. The van der Waals surface area contributed by atoms with E-state index in [1.165, 1.54) is 11.1 Å². The van der Waals surface area contributed by atoms with Gasteiger partial charge < -0.3 is 5.32 Å². The van der Waals surface area contributed by atoms with Gasteiger partial charge in [0, 0.05) is 6.54 Å². The van der Waals surface area contributed by atoms with Crippen LogP contribution < -0.4 is 5.32 Å². The van der Waals surface area contributed by atoms with Crippen molar-refractivity contribution in [2.24, 2.45) is 0 Å². The summed E-state index contributed by atoms with van der Waals surface area (Å²) >= 11 is 6.32. The molecule has 0 amide bonds. The summed E-state index contributed by atoms with van der Waals surface area (Å²) in [6.07, 6.45) is 2.77. The molecule has 0 radical (unpaired) electrons. The van der Waals surface area contributed by atoms with Gasteiger partial charge in [-0.25, -0.2) is 0 Å². The maximum Gasteiger partial charge on any atom is 0.0837 e. The van der Waals surface area contributed by atoms with Crippen LogP contribution in [0.1, 0.15) is 36.2 Å². The molecule has 0 saturated carbocycles. The number of benzene rings is 1. The van der Waals surface area contributed by atoms with Gasteiger partial charge in [0.05, 0.1) is 23.0 Å². The van der Waals surface area contributed by atoms with Crippen LogP contribution in [0.3, 0.4) is 0 Å². The minimum Gasteiger partial charge on any atom is -0.308 e. The van der Waals surface area contributed by atoms with Crippen molar-refractivity contribution in [1.82, 2.24) is 15.1 Å². The molecule has 1 aromatic carbocycles. The Kier molecular flexibility index (Phi) is 4.61. The van der Waals surface area contributed by atoms with Crippen molar-refractivity contribution in [2.45, 2.75) is 32.9 Å². The van der Waals surface area contributed by atoms with Gasteiger partial charge in [0.2, 0.25) is 0 Å². The van der Waals surface area contributed by atoms with Gasteiger partial charge in [-0.1, -0.05) is 48.4 Å². The molecule has 0 saturated heterocycles. The molecule has 4 heteroatoms. The molecule has 3 nitrogen and oxygen atoms in total. The second-order valence-electron chi connectivity index (χ2n) is 4.74. The van der Waals surface area contributed by atoms with E-state index in [0.717, 1.165) is 18.7 Å². The fraction of sp³-hybridized carbons (Fsp3) is 0.400. The van der Waals surface area contributed by atoms with Crippen LogP contribution in [-0.4, -0.2) is 16.8 Å². The van der Waals surface area contributed by atoms with Crippen LogP contribution in [0, 0.1) is 6.92 Å². The first-order valence-electron chi connectivity index (χ1n) is 6.62. The molecule has 2 aromatic rings. The Morgan fingerprint density at radius 3 is 2.84 bits per heavy atom. The van der Waals surface area contributed by atoms with Gasteiger partial charge in [0.1, 0.15) is 0 Å². The summed E-state index contributed by atoms with van der Waals surface area (Å²) in [6.45, 7) is 5.12. The first kappa shape index (κ1) is 14.1. The summed E-state index contributed by atoms with van der Waals surface area (Å²) in [5.74, 6) is 0. The van der Waals surface area contributed by atoms with Crippen molar-refractivity contribution in [3.63, 3.8) is 0 Å². The minimum absolute atomic E-state index is 0.0708. The quantitative estimate of drug-likeness (QED) is 0.906. The van der Waals surface area contributed by atoms with Crippen LogP contribution in [0.25, 0.3) is 0 Å². The highest BCUT2D eigenvalue weighted by molar-refractivity contribution is 6.31. The van der Waals surface area contributed by atoms with Crippen molar-refractivity contribution in [3.05, 3.63) is 52.3 Å². The molecule has 1 N–H and O–H groups in total. The molecular formula is C15H20ClN3. The molecule has 0 bridgehead atoms. The highest BCUT2D eigenvalue weighted by Crippen LogP contribution is 2.28. The van der Waals surface area contributed by atoms with Gasteiger partial charge >= 0.3 is 0 Å². The molecule has 19 heavy (non-hydrogen) atoms. The van der Waals surface area contributed by atoms with Crippen LogP contribution in [0.5, 0.6) is 0 Å². The van der Waals surface area contributed by atoms with Crippen molar-refractivity contribution in [2.75, 3.05) is 7.05 Å². The fourth-order valence-electron chi connectivity index (χ4n) is 2.36. The molecular weight excluding hydrogens is 258 g/mol. The summed E-state index contributed by atoms with van der Waals surface area (Å²) in [7, 11) is 1.95. The van der Waals surface area contributed by atoms with Gasteiger partial charge in [-0.3, -0.25) is 4.68 Å². The number of hydrogen-bond donors (Lipinski definition) is 1. The molecule has 0 aliphatic carbocycles. The highest BCUT2D eigenvalue weighted by atomic mass is 35.5. The van der Waals surface area contributed by atoms with E-state index >= 15 is 0 Å². The van der Waals surface area contributed by atoms with Crippen molar-refractivity contribution in [1.29, 1.82) is 0 Å². The zero-order chi connectivity index (χ0) is 13.8. The van der Waals surface area contributed by atoms with Crippen LogP contribution in [-0.2, 0) is 6.54 Å². The average molecular weight is 278 g/mol. The Bertz CT molecular complexity index is 548. The summed E-state index contributed by atoms with van der Waals surface area (Å²) in [4.78, 5) is 0. The maximum absolute atomic E-state index is 6.32. The molecule has 0 aliphatic rings. The lowest BCUT2D eigenvalue weighted by atomic mass is 10.0. The number of nitrogens with zero attached hydrogens (tertiary/aromatic N) is 2. The fourth-order valence-corrected chi connectivity index (χ4v) is 2.61. The first-order valence-corrected chi connectivity index (χ1v) is 7.00. The predicted molar refractivity (Wildman–Crippen MR) is 79.6 cm³/mol. The number of halogens is 1. The van der Waals surface area contributed by atoms with Crippen LogP contribution in [0.15, 0.2) is 30.5 Å². The smallest absolute Gasteiger partial charge is 0.0837 e. The van der Waals surface area contributed by atoms with E-state index in [-0.39, 0.29) is 6.04 Å². The lowest BCUT2D eigenvalue weighted by Gasteiger charge is -2.19. The zero-order valence-electron chi connectivity index (χ0n) is 11.7. The van der Waals surface area contributed by atoms with E-state index in [0.29, 0.717) is 5.02 Å². The SMILES string of the molecule is CCCn1ncc(Cl)c1C(NC)c1cccc(C)c1. The van der Waals surface area contributed by atoms with E-state index in [1.807, 2.05) is 11.7 Å². The van der Waals surface area contributed by atoms with Gasteiger partial charge in [-0.2, -0.15) is 5.10 Å². The lowest BCUT2D eigenvalue weighted by Crippen LogP contribution is -2.22. The maximum atomic E-state index is 6.32. The number of hydrogen-bond acceptors (Lipinski definition) is 2. The molecule has 102 valence electrons. The largest absolute Gasteiger partial charge is 0.308 e. The molecule has 1 atom stereocenters. The standard InChI is InChI=1S/C15H20ClN3/c1-4-8-19-15(13(16)10-18-19)14(17-3)12-7-5-6-11(2)9-12/h5-7,9-10,14,17H,4,8H2,1-3H3. The minimum atomic E-state index is 0.0708. The lowest BCUT2D eigenvalue weighted by molar-refractivity contribution is 0.534. The van der Waals surface area contributed by atoms with E-state index in [9.17, 15) is 0 Å². The van der Waals surface area contributed by atoms with Crippen LogP contribution in [0.4, 0.5) is 0 Å². The summed E-state index contributed by atoms with van der Waals surface area (Å²) in [5.41, 5.74) is 3.49. The summed E-state index contributed by atoms with van der Waals surface area (Å²) < 4.78 is 1.99. The Morgan fingerprint density at radius 2 is 2.21 bits per heavy atom. The van der Waals surface area contributed by atoms with Gasteiger partial charge in [0.25, 0.3) is 0 Å². The zero-order valence-corrected chi connectivity index (χ0v) is 12.4. The molecule has 1 aromatic heterocycles. The normalized spacial score (nSPS) is 12.6. The predicted octanol–water partition coefficient (Wildman–Crippen LogP) is 3.56. The van der Waals surface area contributed by atoms with Crippen molar-refractivity contribution < 1.29 is 0 Å². The number of aromatic nitrogens is 2. The molecule has 0 aliphatic heterocycles. The number of nitrogens with one attached hydrogen (secondary N) is 1. The molecule has 0 fully saturated rings. The number of aryl methyl sites for hydroxylation is 2. The van der Waals surface area contributed by atoms with E-state index in [4.69, 9.17) is 11.6 Å². The van der Waals surface area contributed by atoms with Gasteiger partial charge in [-0.15, -0.1) is 0 Å². The Morgan fingerprint density at radius 1 is 1.42 bits per heavy atom. The molecule has 0 spiro atoms. The topological polar surface area (TPSA) is 29.9 Å². The van der Waals surface area contributed by atoms with Crippen LogP contribution >= 0.6 is 11.6 Å². The first-order chi connectivity index (χ1) is 9.17. The molecule has 1 heterocycles. The highest BCUT2D eigenvalue weighted by Gasteiger charge is 2.20. The molecule has 1 unspecified atom stereocenters. The third-order valence-corrected chi connectivity index (χ3v) is 3.50. The van der Waals surface area contributed by atoms with Crippen LogP contribution in [0.2, 0.25) is 5.02 Å². The van der Waals surface area contributed by atoms with Gasteiger partial charge in [0.15, 0.2) is 0 Å². The average Bonchev–Trinajstić information content (AvgIpc) is 2.74. The van der Waals surface area contributed by atoms with Crippen molar-refractivity contribution in [3.8, 4) is 0 Å². The Hall–Kier alpha value is -1.32. The van der Waals surface area contributed by atoms with E-state index in [2.05, 4.69) is 48.5 Å².